The van der Waals surface area contributed by atoms with Crippen LogP contribution in [0.5, 0.6) is 0 Å². The van der Waals surface area contributed by atoms with Gasteiger partial charge in [0.1, 0.15) is 17.6 Å². The molecule has 1 amide bonds. The van der Waals surface area contributed by atoms with Crippen LogP contribution in [-0.4, -0.2) is 10.5 Å². The number of oxazole rings is 1. The lowest BCUT2D eigenvalue weighted by atomic mass is 10.3. The number of nitriles is 1. The Labute approximate surface area is 122 Å². The average Bonchev–Trinajstić information content (AvgIpc) is 3.04. The summed E-state index contributed by atoms with van der Waals surface area (Å²) in [6.45, 7) is -0.168. The first-order valence-electron chi connectivity index (χ1n) is 6.05. The summed E-state index contributed by atoms with van der Waals surface area (Å²) in [7, 11) is 0. The van der Waals surface area contributed by atoms with Crippen LogP contribution in [-0.2, 0) is 11.3 Å². The van der Waals surface area contributed by atoms with Crippen LogP contribution in [0.3, 0.4) is 0 Å². The molecule has 0 fully saturated rings. The van der Waals surface area contributed by atoms with Crippen LogP contribution >= 0.6 is 11.3 Å². The molecule has 2 aromatic heterocycles. The number of nitrogens with one attached hydrogen (secondary N) is 1. The number of amides is 1. The number of para-hydroxylation sites is 2. The third kappa shape index (κ3) is 2.44. The topological polar surface area (TPSA) is 88.0 Å². The molecule has 0 radical (unpaired) electrons. The quantitative estimate of drug-likeness (QED) is 0.802. The van der Waals surface area contributed by atoms with Crippen molar-refractivity contribution in [1.29, 1.82) is 5.26 Å². The molecule has 3 rings (SSSR count). The lowest BCUT2D eigenvalue weighted by Crippen LogP contribution is -2.24. The molecule has 0 aliphatic heterocycles. The van der Waals surface area contributed by atoms with Gasteiger partial charge in [-0.15, -0.1) is 11.3 Å². The van der Waals surface area contributed by atoms with E-state index in [0.717, 1.165) is 0 Å². The Bertz CT molecular complexity index is 913. The molecular weight excluding hydrogens is 290 g/mol. The monoisotopic (exact) mass is 299 g/mol. The molecule has 104 valence electrons. The predicted octanol–water partition coefficient (Wildman–Crippen LogP) is 2.17. The number of hydrogen-bond acceptors (Lipinski definition) is 5. The Balaban J connectivity index is 1.86. The van der Waals surface area contributed by atoms with Gasteiger partial charge in [0, 0.05) is 0 Å². The Morgan fingerprint density at radius 1 is 1.38 bits per heavy atom. The van der Waals surface area contributed by atoms with Gasteiger partial charge in [-0.1, -0.05) is 12.1 Å². The first-order chi connectivity index (χ1) is 10.2. The zero-order valence-electron chi connectivity index (χ0n) is 10.7. The number of fused-ring (bicyclic) bond motifs is 1. The Hall–Kier alpha value is -2.85. The maximum Gasteiger partial charge on any atom is 0.420 e. The van der Waals surface area contributed by atoms with Crippen molar-refractivity contribution in [2.45, 2.75) is 6.54 Å². The number of aromatic nitrogens is 1. The van der Waals surface area contributed by atoms with Crippen molar-refractivity contribution >= 4 is 33.3 Å². The molecule has 0 aliphatic rings. The molecule has 0 atom stereocenters. The number of anilines is 1. The number of nitrogens with zero attached hydrogens (tertiary/aromatic N) is 2. The van der Waals surface area contributed by atoms with Crippen molar-refractivity contribution in [2.24, 2.45) is 0 Å². The minimum Gasteiger partial charge on any atom is -0.408 e. The van der Waals surface area contributed by atoms with Crippen LogP contribution < -0.4 is 11.1 Å². The number of benzene rings is 1. The van der Waals surface area contributed by atoms with Crippen LogP contribution in [0.25, 0.3) is 11.1 Å². The summed E-state index contributed by atoms with van der Waals surface area (Å²) in [6, 6.07) is 10.5. The fourth-order valence-electron chi connectivity index (χ4n) is 1.97. The summed E-state index contributed by atoms with van der Waals surface area (Å²) in [5, 5.41) is 13.7. The summed E-state index contributed by atoms with van der Waals surface area (Å²) in [4.78, 5) is 23.8. The lowest BCUT2D eigenvalue weighted by Gasteiger charge is -2.03. The highest BCUT2D eigenvalue weighted by molar-refractivity contribution is 7.14. The van der Waals surface area contributed by atoms with Gasteiger partial charge >= 0.3 is 5.76 Å². The molecule has 7 heteroatoms. The first-order valence-corrected chi connectivity index (χ1v) is 6.93. The van der Waals surface area contributed by atoms with Gasteiger partial charge in [-0.2, -0.15) is 5.26 Å². The molecule has 0 unspecified atom stereocenters. The normalized spacial score (nSPS) is 10.4. The van der Waals surface area contributed by atoms with E-state index in [9.17, 15) is 9.59 Å². The molecule has 6 nitrogen and oxygen atoms in total. The van der Waals surface area contributed by atoms with Crippen molar-refractivity contribution in [1.82, 2.24) is 4.57 Å². The number of carbonyl (C=O) groups is 1. The van der Waals surface area contributed by atoms with Gasteiger partial charge in [0.25, 0.3) is 0 Å². The molecular formula is C14H9N3O3S. The minimum absolute atomic E-state index is 0.168. The van der Waals surface area contributed by atoms with E-state index in [-0.39, 0.29) is 12.5 Å². The highest BCUT2D eigenvalue weighted by Gasteiger charge is 2.14. The van der Waals surface area contributed by atoms with Gasteiger partial charge in [0.2, 0.25) is 5.91 Å². The van der Waals surface area contributed by atoms with Gasteiger partial charge in [-0.25, -0.2) is 4.79 Å². The Morgan fingerprint density at radius 3 is 3.00 bits per heavy atom. The van der Waals surface area contributed by atoms with E-state index in [1.54, 1.807) is 35.7 Å². The fraction of sp³-hybridized carbons (Fsp3) is 0.0714. The number of carbonyl (C=O) groups excluding carboxylic acids is 1. The van der Waals surface area contributed by atoms with Gasteiger partial charge in [-0.05, 0) is 23.6 Å². The number of hydrogen-bond donors (Lipinski definition) is 1. The van der Waals surface area contributed by atoms with E-state index in [1.807, 2.05) is 6.07 Å². The molecule has 1 aromatic carbocycles. The average molecular weight is 299 g/mol. The summed E-state index contributed by atoms with van der Waals surface area (Å²) >= 11 is 1.26. The van der Waals surface area contributed by atoms with E-state index in [4.69, 9.17) is 9.68 Å². The van der Waals surface area contributed by atoms with Crippen LogP contribution in [0.1, 0.15) is 5.56 Å². The van der Waals surface area contributed by atoms with Crippen molar-refractivity contribution in [3.05, 3.63) is 51.8 Å². The molecule has 21 heavy (non-hydrogen) atoms. The zero-order valence-corrected chi connectivity index (χ0v) is 11.5. The first kappa shape index (κ1) is 13.1. The summed E-state index contributed by atoms with van der Waals surface area (Å²) in [6.07, 6.45) is 0. The van der Waals surface area contributed by atoms with Crippen LogP contribution in [0.15, 0.2) is 44.9 Å². The van der Waals surface area contributed by atoms with Crippen molar-refractivity contribution in [2.75, 3.05) is 5.32 Å². The summed E-state index contributed by atoms with van der Waals surface area (Å²) in [5.74, 6) is -0.972. The van der Waals surface area contributed by atoms with Gasteiger partial charge in [0.05, 0.1) is 11.1 Å². The smallest absolute Gasteiger partial charge is 0.408 e. The SMILES string of the molecule is N#Cc1ccsc1NC(=O)Cn1c(=O)oc2ccccc21. The van der Waals surface area contributed by atoms with Crippen molar-refractivity contribution in [3.8, 4) is 6.07 Å². The molecule has 1 N–H and O–H groups in total. The van der Waals surface area contributed by atoms with Crippen molar-refractivity contribution in [3.63, 3.8) is 0 Å². The fourth-order valence-corrected chi connectivity index (χ4v) is 2.72. The summed E-state index contributed by atoms with van der Waals surface area (Å²) in [5.41, 5.74) is 1.39. The largest absolute Gasteiger partial charge is 0.420 e. The molecule has 0 aliphatic carbocycles. The minimum atomic E-state index is -0.585. The van der Waals surface area contributed by atoms with Crippen LogP contribution in [0.2, 0.25) is 0 Å². The maximum absolute atomic E-state index is 12.0. The van der Waals surface area contributed by atoms with Gasteiger partial charge < -0.3 is 9.73 Å². The van der Waals surface area contributed by atoms with Gasteiger partial charge in [-0.3, -0.25) is 9.36 Å². The van der Waals surface area contributed by atoms with E-state index in [1.165, 1.54) is 15.9 Å². The van der Waals surface area contributed by atoms with E-state index >= 15 is 0 Å². The second-order valence-corrected chi connectivity index (χ2v) is 5.16. The Kier molecular flexibility index (Phi) is 3.30. The highest BCUT2D eigenvalue weighted by atomic mass is 32.1. The van der Waals surface area contributed by atoms with Crippen LogP contribution in [0, 0.1) is 11.3 Å². The van der Waals surface area contributed by atoms with E-state index in [2.05, 4.69) is 5.32 Å². The summed E-state index contributed by atoms with van der Waals surface area (Å²) < 4.78 is 6.31. The van der Waals surface area contributed by atoms with Gasteiger partial charge in [0.15, 0.2) is 5.58 Å². The molecule has 0 bridgehead atoms. The third-order valence-electron chi connectivity index (χ3n) is 2.91. The third-order valence-corrected chi connectivity index (χ3v) is 3.74. The second-order valence-electron chi connectivity index (χ2n) is 4.25. The Morgan fingerprint density at radius 2 is 2.19 bits per heavy atom. The van der Waals surface area contributed by atoms with Crippen molar-refractivity contribution < 1.29 is 9.21 Å². The number of thiophene rings is 1. The lowest BCUT2D eigenvalue weighted by molar-refractivity contribution is -0.116. The molecule has 0 spiro atoms. The zero-order chi connectivity index (χ0) is 14.8. The molecule has 2 heterocycles. The maximum atomic E-state index is 12.0. The predicted molar refractivity (Wildman–Crippen MR) is 78.1 cm³/mol. The van der Waals surface area contributed by atoms with E-state index in [0.29, 0.717) is 21.7 Å². The molecule has 0 saturated heterocycles. The van der Waals surface area contributed by atoms with Crippen LogP contribution in [0.4, 0.5) is 5.00 Å². The highest BCUT2D eigenvalue weighted by Crippen LogP contribution is 2.22. The molecule has 3 aromatic rings. The number of rotatable bonds is 3. The molecule has 0 saturated carbocycles. The standard InChI is InChI=1S/C14H9N3O3S/c15-7-9-5-6-21-13(9)16-12(18)8-17-10-3-1-2-4-11(10)20-14(17)19/h1-6H,8H2,(H,16,18). The van der Waals surface area contributed by atoms with E-state index < -0.39 is 5.76 Å². The second kappa shape index (κ2) is 5.26.